The average Bonchev–Trinajstić information content (AvgIpc) is 2.49. The molecule has 3 nitrogen and oxygen atoms in total. The number of amides is 2. The Hall–Kier alpha value is -2.29. The Morgan fingerprint density at radius 3 is 2.38 bits per heavy atom. The zero-order valence-electron chi connectivity index (χ0n) is 12.9. The predicted molar refractivity (Wildman–Crippen MR) is 87.5 cm³/mol. The van der Waals surface area contributed by atoms with Gasteiger partial charge in [0.2, 0.25) is 0 Å². The second-order valence-electron chi connectivity index (χ2n) is 5.21. The van der Waals surface area contributed by atoms with Gasteiger partial charge in [-0.05, 0) is 37.1 Å². The van der Waals surface area contributed by atoms with Crippen molar-refractivity contribution in [1.29, 1.82) is 0 Å². The molecule has 3 heteroatoms. The summed E-state index contributed by atoms with van der Waals surface area (Å²) in [6.07, 6.45) is 0. The van der Waals surface area contributed by atoms with Crippen LogP contribution in [-0.4, -0.2) is 24.5 Å². The summed E-state index contributed by atoms with van der Waals surface area (Å²) in [7, 11) is 1.84. The quantitative estimate of drug-likeness (QED) is 0.829. The second kappa shape index (κ2) is 6.93. The lowest BCUT2D eigenvalue weighted by atomic mass is 10.2. The molecule has 2 amide bonds. The van der Waals surface area contributed by atoms with E-state index in [1.807, 2.05) is 75.5 Å². The van der Waals surface area contributed by atoms with Gasteiger partial charge in [-0.15, -0.1) is 0 Å². The molecule has 2 rings (SSSR count). The number of aryl methyl sites for hydroxylation is 1. The summed E-state index contributed by atoms with van der Waals surface area (Å²) in [6.45, 7) is 5.30. The molecule has 21 heavy (non-hydrogen) atoms. The van der Waals surface area contributed by atoms with E-state index in [0.29, 0.717) is 13.1 Å². The van der Waals surface area contributed by atoms with E-state index in [1.54, 1.807) is 9.80 Å². The summed E-state index contributed by atoms with van der Waals surface area (Å²) in [5.74, 6) is 0. The molecule has 0 aliphatic heterocycles. The van der Waals surface area contributed by atoms with E-state index in [1.165, 1.54) is 0 Å². The van der Waals surface area contributed by atoms with E-state index < -0.39 is 0 Å². The number of rotatable bonds is 4. The summed E-state index contributed by atoms with van der Waals surface area (Å²) >= 11 is 0. The third-order valence-corrected chi connectivity index (χ3v) is 3.45. The Morgan fingerprint density at radius 2 is 1.76 bits per heavy atom. The van der Waals surface area contributed by atoms with Gasteiger partial charge >= 0.3 is 6.03 Å². The molecular formula is C18H22N2O. The molecule has 0 atom stereocenters. The van der Waals surface area contributed by atoms with Crippen molar-refractivity contribution in [3.63, 3.8) is 0 Å². The van der Waals surface area contributed by atoms with E-state index in [2.05, 4.69) is 0 Å². The van der Waals surface area contributed by atoms with Crippen molar-refractivity contribution in [3.05, 3.63) is 65.7 Å². The first-order valence-corrected chi connectivity index (χ1v) is 7.25. The van der Waals surface area contributed by atoms with E-state index in [0.717, 1.165) is 16.8 Å². The Kier molecular flexibility index (Phi) is 4.99. The highest BCUT2D eigenvalue weighted by Gasteiger charge is 2.18. The first-order valence-electron chi connectivity index (χ1n) is 7.25. The maximum absolute atomic E-state index is 12.6. The number of anilines is 1. The zero-order chi connectivity index (χ0) is 15.2. The molecule has 0 aromatic heterocycles. The summed E-state index contributed by atoms with van der Waals surface area (Å²) in [4.78, 5) is 16.2. The van der Waals surface area contributed by atoms with E-state index in [9.17, 15) is 4.79 Å². The molecule has 0 fully saturated rings. The Bertz CT molecular complexity index is 595. The van der Waals surface area contributed by atoms with Crippen molar-refractivity contribution in [3.8, 4) is 0 Å². The second-order valence-corrected chi connectivity index (χ2v) is 5.21. The molecule has 2 aromatic carbocycles. The summed E-state index contributed by atoms with van der Waals surface area (Å²) < 4.78 is 0. The minimum Gasteiger partial charge on any atom is -0.323 e. The summed E-state index contributed by atoms with van der Waals surface area (Å²) in [6, 6.07) is 18.1. The van der Waals surface area contributed by atoms with Crippen LogP contribution < -0.4 is 4.90 Å². The number of urea groups is 1. The van der Waals surface area contributed by atoms with Gasteiger partial charge in [-0.2, -0.15) is 0 Å². The molecule has 0 aliphatic carbocycles. The van der Waals surface area contributed by atoms with Gasteiger partial charge in [-0.25, -0.2) is 4.79 Å². The molecule has 0 unspecified atom stereocenters. The lowest BCUT2D eigenvalue weighted by molar-refractivity contribution is 0.214. The molecular weight excluding hydrogens is 260 g/mol. The van der Waals surface area contributed by atoms with Crippen molar-refractivity contribution >= 4 is 11.7 Å². The fraction of sp³-hybridized carbons (Fsp3) is 0.278. The third-order valence-electron chi connectivity index (χ3n) is 3.45. The van der Waals surface area contributed by atoms with Gasteiger partial charge in [-0.3, -0.25) is 4.90 Å². The molecule has 0 heterocycles. The first-order chi connectivity index (χ1) is 10.1. The van der Waals surface area contributed by atoms with Crippen molar-refractivity contribution in [2.45, 2.75) is 20.4 Å². The third kappa shape index (κ3) is 3.85. The van der Waals surface area contributed by atoms with Crippen LogP contribution in [0.4, 0.5) is 10.5 Å². The summed E-state index contributed by atoms with van der Waals surface area (Å²) in [5, 5.41) is 0. The molecule has 110 valence electrons. The van der Waals surface area contributed by atoms with Crippen LogP contribution in [-0.2, 0) is 6.54 Å². The normalized spacial score (nSPS) is 10.2. The maximum Gasteiger partial charge on any atom is 0.324 e. The SMILES string of the molecule is CCN(C(=O)N(C)Cc1ccccc1)c1cccc(C)c1. The standard InChI is InChI=1S/C18H22N2O/c1-4-20(17-12-8-9-15(2)13-17)18(21)19(3)14-16-10-6-5-7-11-16/h5-13H,4,14H2,1-3H3. The minimum atomic E-state index is 0.0203. The number of carbonyl (C=O) groups excluding carboxylic acids is 1. The lowest BCUT2D eigenvalue weighted by Gasteiger charge is -2.27. The molecule has 0 spiro atoms. The van der Waals surface area contributed by atoms with Crippen LogP contribution in [0.1, 0.15) is 18.1 Å². The van der Waals surface area contributed by atoms with E-state index in [4.69, 9.17) is 0 Å². The van der Waals surface area contributed by atoms with Gasteiger partial charge in [0.1, 0.15) is 0 Å². The van der Waals surface area contributed by atoms with Crippen molar-refractivity contribution < 1.29 is 4.79 Å². The highest BCUT2D eigenvalue weighted by molar-refractivity contribution is 5.91. The van der Waals surface area contributed by atoms with Crippen molar-refractivity contribution in [2.24, 2.45) is 0 Å². The fourth-order valence-electron chi connectivity index (χ4n) is 2.36. The Labute approximate surface area is 126 Å². The zero-order valence-corrected chi connectivity index (χ0v) is 12.9. The van der Waals surface area contributed by atoms with Crippen molar-refractivity contribution in [1.82, 2.24) is 4.90 Å². The van der Waals surface area contributed by atoms with Gasteiger partial charge in [0.15, 0.2) is 0 Å². The van der Waals surface area contributed by atoms with Crippen LogP contribution >= 0.6 is 0 Å². The smallest absolute Gasteiger partial charge is 0.323 e. The van der Waals surface area contributed by atoms with Crippen LogP contribution in [0.3, 0.4) is 0 Å². The monoisotopic (exact) mass is 282 g/mol. The van der Waals surface area contributed by atoms with Crippen LogP contribution in [0.15, 0.2) is 54.6 Å². The topological polar surface area (TPSA) is 23.6 Å². The maximum atomic E-state index is 12.6. The number of hydrogen-bond acceptors (Lipinski definition) is 1. The van der Waals surface area contributed by atoms with Gasteiger partial charge in [-0.1, -0.05) is 42.5 Å². The van der Waals surface area contributed by atoms with Crippen LogP contribution in [0, 0.1) is 6.92 Å². The lowest BCUT2D eigenvalue weighted by Crippen LogP contribution is -2.40. The summed E-state index contributed by atoms with van der Waals surface area (Å²) in [5.41, 5.74) is 3.24. The van der Waals surface area contributed by atoms with E-state index >= 15 is 0 Å². The van der Waals surface area contributed by atoms with Crippen LogP contribution in [0.5, 0.6) is 0 Å². The predicted octanol–water partition coefficient (Wildman–Crippen LogP) is 4.07. The first kappa shape index (κ1) is 15.1. The van der Waals surface area contributed by atoms with Crippen LogP contribution in [0.25, 0.3) is 0 Å². The largest absolute Gasteiger partial charge is 0.324 e. The number of carbonyl (C=O) groups is 1. The average molecular weight is 282 g/mol. The number of nitrogens with zero attached hydrogens (tertiary/aromatic N) is 2. The van der Waals surface area contributed by atoms with Gasteiger partial charge in [0.05, 0.1) is 0 Å². The molecule has 0 N–H and O–H groups in total. The highest BCUT2D eigenvalue weighted by Crippen LogP contribution is 2.18. The van der Waals surface area contributed by atoms with E-state index in [-0.39, 0.29) is 6.03 Å². The molecule has 0 saturated carbocycles. The minimum absolute atomic E-state index is 0.0203. The van der Waals surface area contributed by atoms with Gasteiger partial charge in [0.25, 0.3) is 0 Å². The van der Waals surface area contributed by atoms with Gasteiger partial charge < -0.3 is 4.90 Å². The molecule has 0 radical (unpaired) electrons. The number of benzene rings is 2. The molecule has 0 aliphatic rings. The molecule has 0 saturated heterocycles. The number of hydrogen-bond donors (Lipinski definition) is 0. The fourth-order valence-corrected chi connectivity index (χ4v) is 2.36. The molecule has 2 aromatic rings. The van der Waals surface area contributed by atoms with Crippen LogP contribution in [0.2, 0.25) is 0 Å². The molecule has 0 bridgehead atoms. The highest BCUT2D eigenvalue weighted by atomic mass is 16.2. The van der Waals surface area contributed by atoms with Gasteiger partial charge in [0, 0.05) is 25.8 Å². The van der Waals surface area contributed by atoms with Crippen molar-refractivity contribution in [2.75, 3.05) is 18.5 Å². The Morgan fingerprint density at radius 1 is 1.05 bits per heavy atom. The Balaban J connectivity index is 2.12.